The van der Waals surface area contributed by atoms with Gasteiger partial charge in [0.25, 0.3) is 0 Å². The summed E-state index contributed by atoms with van der Waals surface area (Å²) in [7, 11) is 1.76. The van der Waals surface area contributed by atoms with Gasteiger partial charge in [-0.2, -0.15) is 0 Å². The van der Waals surface area contributed by atoms with E-state index in [1.165, 1.54) is 12.1 Å². The molecular weight excluding hydrogens is 411 g/mol. The van der Waals surface area contributed by atoms with Crippen LogP contribution in [0.3, 0.4) is 0 Å². The molecule has 0 radical (unpaired) electrons. The quantitative estimate of drug-likeness (QED) is 0.665. The molecule has 0 saturated carbocycles. The maximum absolute atomic E-state index is 13.5. The van der Waals surface area contributed by atoms with Crippen molar-refractivity contribution in [1.29, 1.82) is 0 Å². The topological polar surface area (TPSA) is 99.4 Å². The second-order valence-corrected chi connectivity index (χ2v) is 8.67. The lowest BCUT2D eigenvalue weighted by Crippen LogP contribution is -2.45. The molecule has 1 amide bonds. The van der Waals surface area contributed by atoms with E-state index in [1.54, 1.807) is 19.2 Å². The first kappa shape index (κ1) is 23.8. The molecule has 1 fully saturated rings. The van der Waals surface area contributed by atoms with Gasteiger partial charge in [-0.05, 0) is 44.0 Å². The van der Waals surface area contributed by atoms with Crippen molar-refractivity contribution in [3.63, 3.8) is 0 Å². The highest BCUT2D eigenvalue weighted by atomic mass is 19.1. The number of nitrogens with zero attached hydrogens (tertiary/aromatic N) is 2. The number of hydrogen-bond acceptors (Lipinski definition) is 6. The first-order chi connectivity index (χ1) is 15.1. The van der Waals surface area contributed by atoms with E-state index >= 15 is 0 Å². The summed E-state index contributed by atoms with van der Waals surface area (Å²) in [6.45, 7) is 7.75. The maximum Gasteiger partial charge on any atom is 0.223 e. The average molecular weight is 443 g/mol. The Balaban J connectivity index is 2.02. The van der Waals surface area contributed by atoms with Crippen LogP contribution in [0.1, 0.15) is 57.7 Å². The Morgan fingerprint density at radius 3 is 2.56 bits per heavy atom. The molecule has 2 heterocycles. The summed E-state index contributed by atoms with van der Waals surface area (Å²) in [5, 5.41) is 3.01. The van der Waals surface area contributed by atoms with Gasteiger partial charge in [0.15, 0.2) is 5.79 Å². The number of hydrogen-bond donors (Lipinski definition) is 2. The van der Waals surface area contributed by atoms with Crippen molar-refractivity contribution in [2.24, 2.45) is 5.73 Å². The van der Waals surface area contributed by atoms with Crippen molar-refractivity contribution in [2.75, 3.05) is 12.4 Å². The summed E-state index contributed by atoms with van der Waals surface area (Å²) < 4.78 is 25.4. The maximum atomic E-state index is 13.5. The molecular formula is C24H31FN4O3. The lowest BCUT2D eigenvalue weighted by Gasteiger charge is -2.39. The highest BCUT2D eigenvalue weighted by Crippen LogP contribution is 2.33. The van der Waals surface area contributed by atoms with Crippen LogP contribution in [0.5, 0.6) is 0 Å². The van der Waals surface area contributed by atoms with Crippen LogP contribution in [0, 0.1) is 5.82 Å². The number of halogens is 1. The van der Waals surface area contributed by atoms with Crippen LogP contribution in [0.15, 0.2) is 30.3 Å². The Morgan fingerprint density at radius 2 is 1.97 bits per heavy atom. The predicted molar refractivity (Wildman–Crippen MR) is 122 cm³/mol. The zero-order valence-corrected chi connectivity index (χ0v) is 19.2. The first-order valence-corrected chi connectivity index (χ1v) is 10.8. The lowest BCUT2D eigenvalue weighted by molar-refractivity contribution is -0.289. The summed E-state index contributed by atoms with van der Waals surface area (Å²) in [6, 6.07) is 6.24. The van der Waals surface area contributed by atoms with Crippen LogP contribution in [-0.2, 0) is 14.3 Å². The summed E-state index contributed by atoms with van der Waals surface area (Å²) in [5.74, 6) is -0.947. The second-order valence-electron chi connectivity index (χ2n) is 8.67. The SMILES string of the molecule is CNc1nc(-c2ccc(F)cc2)c(/C=C/[C@@H]2C[C@H](CC(N)=O)OC(C)(C)O2)c(C(C)C)n1. The monoisotopic (exact) mass is 442 g/mol. The molecule has 1 saturated heterocycles. The van der Waals surface area contributed by atoms with Gasteiger partial charge in [0, 0.05) is 24.6 Å². The number of primary amides is 1. The van der Waals surface area contributed by atoms with Gasteiger partial charge < -0.3 is 20.5 Å². The highest BCUT2D eigenvalue weighted by molar-refractivity contribution is 5.75. The van der Waals surface area contributed by atoms with Crippen LogP contribution in [0.4, 0.5) is 10.3 Å². The molecule has 172 valence electrons. The molecule has 8 heteroatoms. The third kappa shape index (κ3) is 5.89. The van der Waals surface area contributed by atoms with Gasteiger partial charge in [-0.3, -0.25) is 4.79 Å². The second kappa shape index (κ2) is 9.75. The molecule has 2 aromatic rings. The fourth-order valence-corrected chi connectivity index (χ4v) is 3.85. The predicted octanol–water partition coefficient (Wildman–Crippen LogP) is 4.25. The van der Waals surface area contributed by atoms with Crippen LogP contribution in [0.25, 0.3) is 17.3 Å². The summed E-state index contributed by atoms with van der Waals surface area (Å²) in [5.41, 5.74) is 8.55. The molecule has 2 atom stereocenters. The number of ether oxygens (including phenoxy) is 2. The summed E-state index contributed by atoms with van der Waals surface area (Å²) >= 11 is 0. The number of carbonyl (C=O) groups is 1. The Morgan fingerprint density at radius 1 is 1.28 bits per heavy atom. The lowest BCUT2D eigenvalue weighted by atomic mass is 9.97. The fourth-order valence-electron chi connectivity index (χ4n) is 3.85. The standard InChI is InChI=1S/C24H31FN4O3/c1-14(2)21-19(11-10-17-12-18(13-20(26)30)32-24(3,4)31-17)22(29-23(27-5)28-21)15-6-8-16(25)9-7-15/h6-11,14,17-18H,12-13H2,1-5H3,(H2,26,30)(H,27,28,29)/b11-10+/t17-,18-/m1/s1. The molecule has 0 spiro atoms. The van der Waals surface area contributed by atoms with Gasteiger partial charge in [-0.25, -0.2) is 14.4 Å². The molecule has 1 aliphatic rings. The number of anilines is 1. The van der Waals surface area contributed by atoms with E-state index < -0.39 is 11.7 Å². The number of nitrogens with one attached hydrogen (secondary N) is 1. The Kier molecular flexibility index (Phi) is 7.26. The van der Waals surface area contributed by atoms with Crippen molar-refractivity contribution in [3.8, 4) is 11.3 Å². The molecule has 3 N–H and O–H groups in total. The van der Waals surface area contributed by atoms with E-state index in [4.69, 9.17) is 15.2 Å². The molecule has 0 bridgehead atoms. The number of rotatable bonds is 7. The fraction of sp³-hybridized carbons (Fsp3) is 0.458. The van der Waals surface area contributed by atoms with Gasteiger partial charge >= 0.3 is 0 Å². The van der Waals surface area contributed by atoms with Crippen LogP contribution in [-0.4, -0.2) is 40.9 Å². The normalized spacial score (nSPS) is 20.6. The highest BCUT2D eigenvalue weighted by Gasteiger charge is 2.35. The summed E-state index contributed by atoms with van der Waals surface area (Å²) in [4.78, 5) is 20.7. The van der Waals surface area contributed by atoms with Crippen molar-refractivity contribution in [3.05, 3.63) is 47.4 Å². The summed E-state index contributed by atoms with van der Waals surface area (Å²) in [6.07, 6.45) is 3.91. The number of benzene rings is 1. The zero-order chi connectivity index (χ0) is 23.5. The van der Waals surface area contributed by atoms with Gasteiger partial charge in [-0.15, -0.1) is 0 Å². The van der Waals surface area contributed by atoms with Gasteiger partial charge in [-0.1, -0.05) is 26.0 Å². The first-order valence-electron chi connectivity index (χ1n) is 10.8. The minimum Gasteiger partial charge on any atom is -0.370 e. The van der Waals surface area contributed by atoms with E-state index in [0.717, 1.165) is 16.8 Å². The minimum atomic E-state index is -0.847. The van der Waals surface area contributed by atoms with E-state index in [1.807, 2.05) is 26.0 Å². The molecule has 7 nitrogen and oxygen atoms in total. The van der Waals surface area contributed by atoms with Crippen LogP contribution in [0.2, 0.25) is 0 Å². The molecule has 1 aliphatic heterocycles. The number of aromatic nitrogens is 2. The van der Waals surface area contributed by atoms with Crippen molar-refractivity contribution < 1.29 is 18.7 Å². The average Bonchev–Trinajstić information content (AvgIpc) is 2.70. The van der Waals surface area contributed by atoms with E-state index in [-0.39, 0.29) is 30.4 Å². The van der Waals surface area contributed by atoms with Crippen molar-refractivity contribution in [1.82, 2.24) is 9.97 Å². The Labute approximate surface area is 188 Å². The van der Waals surface area contributed by atoms with Gasteiger partial charge in [0.1, 0.15) is 5.82 Å². The molecule has 0 unspecified atom stereocenters. The number of carbonyl (C=O) groups excluding carboxylic acids is 1. The smallest absolute Gasteiger partial charge is 0.223 e. The largest absolute Gasteiger partial charge is 0.370 e. The zero-order valence-electron chi connectivity index (χ0n) is 19.2. The Bertz CT molecular complexity index is 989. The Hall–Kier alpha value is -2.84. The van der Waals surface area contributed by atoms with E-state index in [0.29, 0.717) is 18.1 Å². The third-order valence-corrected chi connectivity index (χ3v) is 5.15. The third-order valence-electron chi connectivity index (χ3n) is 5.15. The van der Waals surface area contributed by atoms with E-state index in [2.05, 4.69) is 29.1 Å². The minimum absolute atomic E-state index is 0.124. The molecule has 1 aromatic heterocycles. The van der Waals surface area contributed by atoms with Crippen molar-refractivity contribution in [2.45, 2.75) is 64.4 Å². The number of nitrogens with two attached hydrogens (primary N) is 1. The van der Waals surface area contributed by atoms with Crippen molar-refractivity contribution >= 4 is 17.9 Å². The van der Waals surface area contributed by atoms with Crippen LogP contribution >= 0.6 is 0 Å². The number of amides is 1. The molecule has 0 aliphatic carbocycles. The molecule has 1 aromatic carbocycles. The van der Waals surface area contributed by atoms with E-state index in [9.17, 15) is 9.18 Å². The van der Waals surface area contributed by atoms with Crippen LogP contribution < -0.4 is 11.1 Å². The van der Waals surface area contributed by atoms with Gasteiger partial charge in [0.2, 0.25) is 11.9 Å². The van der Waals surface area contributed by atoms with Gasteiger partial charge in [0.05, 0.1) is 30.0 Å². The molecule has 32 heavy (non-hydrogen) atoms. The molecule has 3 rings (SSSR count).